The number of hydrogen-bond donors (Lipinski definition) is 1. The molecule has 0 fully saturated rings. The van der Waals surface area contributed by atoms with Gasteiger partial charge in [-0.2, -0.15) is 0 Å². The molecule has 0 aliphatic heterocycles. The minimum Gasteiger partial charge on any atom is -0.497 e. The second kappa shape index (κ2) is 13.5. The highest BCUT2D eigenvalue weighted by Gasteiger charge is 2.43. The summed E-state index contributed by atoms with van der Waals surface area (Å²) in [6.45, 7) is 25.8. The average Bonchev–Trinajstić information content (AvgIpc) is 2.79. The van der Waals surface area contributed by atoms with Crippen LogP contribution in [0.4, 0.5) is 0 Å². The van der Waals surface area contributed by atoms with E-state index in [9.17, 15) is 9.90 Å². The molecule has 1 N–H and O–H groups in total. The van der Waals surface area contributed by atoms with Gasteiger partial charge in [0.15, 0.2) is 8.32 Å². The molecular formula is C30H54O5Si. The van der Waals surface area contributed by atoms with E-state index in [4.69, 9.17) is 13.9 Å². The maximum Gasteiger partial charge on any atom is 0.192 e. The quantitative estimate of drug-likeness (QED) is 0.264. The first-order chi connectivity index (χ1) is 16.4. The number of hydrogen-bond acceptors (Lipinski definition) is 5. The van der Waals surface area contributed by atoms with Gasteiger partial charge in [-0.05, 0) is 47.7 Å². The number of aliphatic hydroxyl groups excluding tert-OH is 1. The molecule has 0 radical (unpaired) electrons. The van der Waals surface area contributed by atoms with Crippen LogP contribution in [-0.4, -0.2) is 44.6 Å². The van der Waals surface area contributed by atoms with E-state index in [-0.39, 0.29) is 46.7 Å². The minimum atomic E-state index is -2.05. The van der Waals surface area contributed by atoms with Gasteiger partial charge in [-0.25, -0.2) is 0 Å². The highest BCUT2D eigenvalue weighted by Crippen LogP contribution is 2.39. The van der Waals surface area contributed by atoms with Gasteiger partial charge in [0.1, 0.15) is 11.5 Å². The molecule has 0 aliphatic carbocycles. The molecule has 36 heavy (non-hydrogen) atoms. The Morgan fingerprint density at radius 3 is 1.81 bits per heavy atom. The van der Waals surface area contributed by atoms with Crippen LogP contribution in [0.5, 0.6) is 5.75 Å². The van der Waals surface area contributed by atoms with Crippen LogP contribution in [0.15, 0.2) is 24.3 Å². The van der Waals surface area contributed by atoms with E-state index in [1.54, 1.807) is 7.11 Å². The Hall–Kier alpha value is -1.21. The third-order valence-electron chi connectivity index (χ3n) is 8.11. The number of aliphatic hydroxyl groups is 1. The van der Waals surface area contributed by atoms with Gasteiger partial charge in [0.2, 0.25) is 0 Å². The van der Waals surface area contributed by atoms with Crippen LogP contribution in [0, 0.1) is 29.6 Å². The van der Waals surface area contributed by atoms with Crippen LogP contribution in [-0.2, 0) is 20.6 Å². The standard InChI is InChI=1S/C30H54O5Si/c1-19(2)28(34-18-24-14-16-25(33-11)17-15-24)22(6)26(31)21(5)27(32)23(7)29(20(3)4)35-36(12,13)30(8,9)10/h14-17,19-23,26,28-29,31H,18H2,1-13H3/t21-,22-,23-,26+,28+,29-/m1/s1. The van der Waals surface area contributed by atoms with E-state index in [2.05, 4.69) is 61.6 Å². The van der Waals surface area contributed by atoms with E-state index >= 15 is 0 Å². The Kier molecular flexibility index (Phi) is 12.3. The van der Waals surface area contributed by atoms with Crippen LogP contribution in [0.1, 0.15) is 74.8 Å². The highest BCUT2D eigenvalue weighted by atomic mass is 28.4. The van der Waals surface area contributed by atoms with Gasteiger partial charge in [-0.15, -0.1) is 0 Å². The van der Waals surface area contributed by atoms with Crippen molar-refractivity contribution in [3.05, 3.63) is 29.8 Å². The predicted octanol–water partition coefficient (Wildman–Crippen LogP) is 7.12. The number of ether oxygens (including phenoxy) is 2. The lowest BCUT2D eigenvalue weighted by Gasteiger charge is -2.42. The second-order valence-electron chi connectivity index (χ2n) is 12.8. The van der Waals surface area contributed by atoms with Crippen molar-refractivity contribution < 1.29 is 23.8 Å². The molecule has 0 saturated heterocycles. The maximum absolute atomic E-state index is 13.6. The summed E-state index contributed by atoms with van der Waals surface area (Å²) in [6.07, 6.45) is -1.16. The fourth-order valence-electron chi connectivity index (χ4n) is 4.59. The summed E-state index contributed by atoms with van der Waals surface area (Å²) in [5, 5.41) is 11.4. The molecule has 208 valence electrons. The van der Waals surface area contributed by atoms with Crippen molar-refractivity contribution >= 4 is 14.1 Å². The third kappa shape index (κ3) is 8.68. The molecule has 0 amide bonds. The molecule has 0 unspecified atom stereocenters. The number of benzene rings is 1. The Labute approximate surface area is 222 Å². The Balaban J connectivity index is 2.96. The summed E-state index contributed by atoms with van der Waals surface area (Å²) >= 11 is 0. The van der Waals surface area contributed by atoms with E-state index in [1.165, 1.54) is 0 Å². The SMILES string of the molecule is COc1ccc(CO[C@@H](C(C)C)[C@H](C)[C@@H](O)[C@@H](C)C(=O)[C@@H](C)[C@H](O[Si](C)(C)C(C)(C)C)C(C)C)cc1. The molecule has 0 aromatic heterocycles. The highest BCUT2D eigenvalue weighted by molar-refractivity contribution is 6.74. The summed E-state index contributed by atoms with van der Waals surface area (Å²) in [4.78, 5) is 13.6. The van der Waals surface area contributed by atoms with Crippen molar-refractivity contribution in [1.82, 2.24) is 0 Å². The van der Waals surface area contributed by atoms with E-state index < -0.39 is 20.3 Å². The Morgan fingerprint density at radius 2 is 1.39 bits per heavy atom. The number of carbonyl (C=O) groups excluding carboxylic acids is 1. The number of methoxy groups -OCH3 is 1. The van der Waals surface area contributed by atoms with Crippen molar-refractivity contribution in [2.45, 2.75) is 112 Å². The van der Waals surface area contributed by atoms with Gasteiger partial charge in [0.05, 0.1) is 32.0 Å². The van der Waals surface area contributed by atoms with E-state index in [0.29, 0.717) is 6.61 Å². The normalized spacial score (nSPS) is 18.0. The molecule has 5 nitrogen and oxygen atoms in total. The summed E-state index contributed by atoms with van der Waals surface area (Å²) < 4.78 is 18.3. The Morgan fingerprint density at radius 1 is 0.889 bits per heavy atom. The fraction of sp³-hybridized carbons (Fsp3) is 0.767. The van der Waals surface area contributed by atoms with Gasteiger partial charge in [-0.1, -0.05) is 81.4 Å². The Bertz CT molecular complexity index is 797. The van der Waals surface area contributed by atoms with Crippen LogP contribution in [0.3, 0.4) is 0 Å². The van der Waals surface area contributed by atoms with Gasteiger partial charge in [0, 0.05) is 17.8 Å². The maximum atomic E-state index is 13.6. The zero-order chi connectivity index (χ0) is 28.0. The first kappa shape index (κ1) is 32.8. The first-order valence-electron chi connectivity index (χ1n) is 13.6. The number of carbonyl (C=O) groups is 1. The largest absolute Gasteiger partial charge is 0.497 e. The molecule has 0 bridgehead atoms. The molecule has 0 spiro atoms. The van der Waals surface area contributed by atoms with Gasteiger partial charge >= 0.3 is 0 Å². The lowest BCUT2D eigenvalue weighted by atomic mass is 9.78. The van der Waals surface area contributed by atoms with E-state index in [1.807, 2.05) is 45.0 Å². The van der Waals surface area contributed by atoms with Crippen molar-refractivity contribution in [2.75, 3.05) is 7.11 Å². The predicted molar refractivity (Wildman–Crippen MR) is 152 cm³/mol. The number of rotatable bonds is 14. The second-order valence-corrected chi connectivity index (χ2v) is 17.5. The van der Waals surface area contributed by atoms with Crippen molar-refractivity contribution in [2.24, 2.45) is 29.6 Å². The topological polar surface area (TPSA) is 65.0 Å². The monoisotopic (exact) mass is 522 g/mol. The zero-order valence-electron chi connectivity index (χ0n) is 25.2. The molecule has 0 heterocycles. The number of Topliss-reactive ketones (excluding diaryl/α,β-unsaturated/α-hetero) is 1. The van der Waals surface area contributed by atoms with Gasteiger partial charge < -0.3 is 19.0 Å². The molecule has 1 aromatic rings. The average molecular weight is 523 g/mol. The lowest BCUT2D eigenvalue weighted by molar-refractivity contribution is -0.137. The fourth-order valence-corrected chi connectivity index (χ4v) is 6.10. The van der Waals surface area contributed by atoms with Crippen LogP contribution < -0.4 is 4.74 Å². The third-order valence-corrected chi connectivity index (χ3v) is 12.6. The molecule has 0 aliphatic rings. The molecule has 6 heteroatoms. The summed E-state index contributed by atoms with van der Waals surface area (Å²) in [7, 11) is -0.399. The zero-order valence-corrected chi connectivity index (χ0v) is 26.2. The van der Waals surface area contributed by atoms with Gasteiger partial charge in [0.25, 0.3) is 0 Å². The summed E-state index contributed by atoms with van der Waals surface area (Å²) in [6, 6.07) is 7.81. The van der Waals surface area contributed by atoms with Crippen molar-refractivity contribution in [3.63, 3.8) is 0 Å². The van der Waals surface area contributed by atoms with Crippen LogP contribution in [0.25, 0.3) is 0 Å². The number of ketones is 1. The molecule has 1 rings (SSSR count). The summed E-state index contributed by atoms with van der Waals surface area (Å²) in [5.74, 6) is 0.257. The van der Waals surface area contributed by atoms with Gasteiger partial charge in [-0.3, -0.25) is 4.79 Å². The molecule has 6 atom stereocenters. The first-order valence-corrected chi connectivity index (χ1v) is 16.5. The van der Waals surface area contributed by atoms with E-state index in [0.717, 1.165) is 11.3 Å². The summed E-state index contributed by atoms with van der Waals surface area (Å²) in [5.41, 5.74) is 1.04. The smallest absolute Gasteiger partial charge is 0.192 e. The minimum absolute atomic E-state index is 0.0596. The molecular weight excluding hydrogens is 468 g/mol. The molecule has 0 saturated carbocycles. The molecule has 1 aromatic carbocycles. The van der Waals surface area contributed by atoms with Crippen LogP contribution >= 0.6 is 0 Å². The van der Waals surface area contributed by atoms with Crippen LogP contribution in [0.2, 0.25) is 18.1 Å². The lowest BCUT2D eigenvalue weighted by Crippen LogP contribution is -2.50. The van der Waals surface area contributed by atoms with Crippen molar-refractivity contribution in [1.29, 1.82) is 0 Å². The van der Waals surface area contributed by atoms with Crippen molar-refractivity contribution in [3.8, 4) is 5.75 Å².